The van der Waals surface area contributed by atoms with E-state index in [2.05, 4.69) is 13.2 Å². The Bertz CT molecular complexity index is 1400. The van der Waals surface area contributed by atoms with Gasteiger partial charge in [-0.1, -0.05) is 73.1 Å². The van der Waals surface area contributed by atoms with Gasteiger partial charge in [0.1, 0.15) is 11.6 Å². The van der Waals surface area contributed by atoms with Crippen LogP contribution in [0.1, 0.15) is 31.9 Å². The van der Waals surface area contributed by atoms with Crippen molar-refractivity contribution in [2.75, 3.05) is 31.6 Å². The number of likely N-dealkylation sites (N-methyl/N-ethyl adjacent to an activating group) is 1. The van der Waals surface area contributed by atoms with E-state index in [0.717, 1.165) is 0 Å². The summed E-state index contributed by atoms with van der Waals surface area (Å²) in [5.41, 5.74) is -1.11. The lowest BCUT2D eigenvalue weighted by Gasteiger charge is -2.39. The Hall–Kier alpha value is -3.46. The summed E-state index contributed by atoms with van der Waals surface area (Å²) >= 11 is 6.58. The van der Waals surface area contributed by atoms with E-state index in [1.54, 1.807) is 48.4 Å². The number of amides is 3. The van der Waals surface area contributed by atoms with Gasteiger partial charge in [0, 0.05) is 20.1 Å². The largest absolute Gasteiger partial charge is 0.394 e. The van der Waals surface area contributed by atoms with E-state index in [9.17, 15) is 19.5 Å². The van der Waals surface area contributed by atoms with Crippen molar-refractivity contribution < 1.29 is 24.2 Å². The van der Waals surface area contributed by atoms with E-state index >= 15 is 0 Å². The fourth-order valence-electron chi connectivity index (χ4n) is 7.47. The molecule has 1 N–H and O–H groups in total. The molecule has 3 saturated heterocycles. The molecule has 9 heteroatoms. The van der Waals surface area contributed by atoms with E-state index in [4.69, 9.17) is 16.3 Å². The number of carbonyl (C=O) groups is 3. The number of anilines is 1. The van der Waals surface area contributed by atoms with Crippen molar-refractivity contribution in [1.82, 2.24) is 9.80 Å². The number of benzene rings is 2. The molecule has 2 aromatic carbocycles. The molecule has 0 saturated carbocycles. The van der Waals surface area contributed by atoms with Crippen molar-refractivity contribution in [3.8, 4) is 0 Å². The van der Waals surface area contributed by atoms with Crippen LogP contribution in [0.3, 0.4) is 0 Å². The fourth-order valence-corrected chi connectivity index (χ4v) is 7.71. The first-order valence-electron chi connectivity index (χ1n) is 14.3. The second-order valence-corrected chi connectivity index (χ2v) is 12.2. The molecule has 3 fully saturated rings. The normalized spacial score (nSPS) is 30.1. The molecule has 3 amide bonds. The molecule has 0 radical (unpaired) electrons. The van der Waals surface area contributed by atoms with Crippen molar-refractivity contribution in [3.05, 3.63) is 90.5 Å². The van der Waals surface area contributed by atoms with Crippen LogP contribution in [0.4, 0.5) is 5.69 Å². The molecule has 1 spiro atoms. The highest BCUT2D eigenvalue weighted by Crippen LogP contribution is 2.66. The topological polar surface area (TPSA) is 90.4 Å². The number of para-hydroxylation sites is 1. The molecule has 2 bridgehead atoms. The number of nitrogens with zero attached hydrogens (tertiary/aromatic N) is 3. The van der Waals surface area contributed by atoms with Gasteiger partial charge in [-0.05, 0) is 37.0 Å². The molecule has 2 aromatic rings. The third-order valence-electron chi connectivity index (χ3n) is 9.45. The smallest absolute Gasteiger partial charge is 0.253 e. The molecular formula is C33H38ClN3O5. The van der Waals surface area contributed by atoms with Crippen LogP contribution in [0.15, 0.2) is 79.9 Å². The monoisotopic (exact) mass is 591 g/mol. The minimum Gasteiger partial charge on any atom is -0.394 e. The number of rotatable bonds is 10. The lowest BCUT2D eigenvalue weighted by Crippen LogP contribution is -2.57. The average Bonchev–Trinajstić information content (AvgIpc) is 3.49. The zero-order chi connectivity index (χ0) is 30.4. The van der Waals surface area contributed by atoms with Gasteiger partial charge in [0.15, 0.2) is 0 Å². The highest BCUT2D eigenvalue weighted by molar-refractivity contribution is 6.34. The number of aliphatic hydroxyl groups excluding tert-OH is 1. The van der Waals surface area contributed by atoms with E-state index < -0.39 is 47.6 Å². The van der Waals surface area contributed by atoms with Crippen molar-refractivity contribution in [2.45, 2.75) is 43.6 Å². The second-order valence-electron chi connectivity index (χ2n) is 11.8. The van der Waals surface area contributed by atoms with Gasteiger partial charge in [-0.15, -0.1) is 13.2 Å². The van der Waals surface area contributed by atoms with Crippen LogP contribution in [0.5, 0.6) is 0 Å². The molecule has 3 aliphatic heterocycles. The zero-order valence-corrected chi connectivity index (χ0v) is 25.0. The third-order valence-corrected chi connectivity index (χ3v) is 9.77. The number of ether oxygens (including phenoxy) is 1. The first-order valence-corrected chi connectivity index (χ1v) is 14.7. The van der Waals surface area contributed by atoms with Gasteiger partial charge in [0.2, 0.25) is 11.8 Å². The molecule has 3 unspecified atom stereocenters. The van der Waals surface area contributed by atoms with Crippen LogP contribution in [0.2, 0.25) is 5.02 Å². The molecule has 8 nitrogen and oxygen atoms in total. The number of hydrogen-bond donors (Lipinski definition) is 1. The predicted molar refractivity (Wildman–Crippen MR) is 162 cm³/mol. The summed E-state index contributed by atoms with van der Waals surface area (Å²) in [6, 6.07) is 14.2. The number of hydrogen-bond acceptors (Lipinski definition) is 5. The van der Waals surface area contributed by atoms with Gasteiger partial charge in [-0.3, -0.25) is 14.4 Å². The summed E-state index contributed by atoms with van der Waals surface area (Å²) in [7, 11) is 1.68. The van der Waals surface area contributed by atoms with Gasteiger partial charge in [0.25, 0.3) is 5.91 Å². The Morgan fingerprint density at radius 3 is 2.38 bits per heavy atom. The molecule has 3 heterocycles. The van der Waals surface area contributed by atoms with Crippen LogP contribution in [0.25, 0.3) is 0 Å². The highest BCUT2D eigenvalue weighted by atomic mass is 35.5. The molecule has 0 aromatic heterocycles. The van der Waals surface area contributed by atoms with Gasteiger partial charge in [-0.25, -0.2) is 0 Å². The molecule has 3 aliphatic rings. The molecule has 0 aliphatic carbocycles. The first kappa shape index (κ1) is 30.0. The van der Waals surface area contributed by atoms with Gasteiger partial charge in [0.05, 0.1) is 40.8 Å². The second kappa shape index (κ2) is 11.3. The Labute approximate surface area is 252 Å². The fraction of sp³-hybridized carbons (Fsp3) is 0.424. The molecule has 7 atom stereocenters. The molecular weight excluding hydrogens is 554 g/mol. The Balaban J connectivity index is 1.71. The van der Waals surface area contributed by atoms with Crippen molar-refractivity contribution in [1.29, 1.82) is 0 Å². The summed E-state index contributed by atoms with van der Waals surface area (Å²) in [4.78, 5) is 48.2. The summed E-state index contributed by atoms with van der Waals surface area (Å²) in [5.74, 6) is -2.87. The Kier molecular flexibility index (Phi) is 8.09. The van der Waals surface area contributed by atoms with Crippen molar-refractivity contribution >= 4 is 35.0 Å². The lowest BCUT2D eigenvalue weighted by atomic mass is 9.62. The molecule has 5 rings (SSSR count). The lowest BCUT2D eigenvalue weighted by molar-refractivity contribution is -0.153. The summed E-state index contributed by atoms with van der Waals surface area (Å²) < 4.78 is 6.88. The van der Waals surface area contributed by atoms with E-state index in [1.165, 1.54) is 9.80 Å². The Morgan fingerprint density at radius 1 is 1.12 bits per heavy atom. The first-order chi connectivity index (χ1) is 20.1. The molecule has 222 valence electrons. The van der Waals surface area contributed by atoms with Crippen molar-refractivity contribution in [3.63, 3.8) is 0 Å². The van der Waals surface area contributed by atoms with Crippen LogP contribution >= 0.6 is 11.6 Å². The summed E-state index contributed by atoms with van der Waals surface area (Å²) in [6.45, 7) is 11.5. The van der Waals surface area contributed by atoms with E-state index in [-0.39, 0.29) is 24.3 Å². The Morgan fingerprint density at radius 2 is 1.76 bits per heavy atom. The maximum absolute atomic E-state index is 14.9. The maximum atomic E-state index is 14.9. The minimum atomic E-state index is -1.29. The molecule has 42 heavy (non-hydrogen) atoms. The summed E-state index contributed by atoms with van der Waals surface area (Å²) in [5, 5.41) is 11.1. The number of likely N-dealkylation sites (tertiary alicyclic amines) is 1. The van der Waals surface area contributed by atoms with Crippen LogP contribution in [-0.2, 0) is 19.1 Å². The zero-order valence-electron chi connectivity index (χ0n) is 24.3. The summed E-state index contributed by atoms with van der Waals surface area (Å²) in [6.07, 6.45) is 3.64. The average molecular weight is 592 g/mol. The van der Waals surface area contributed by atoms with Gasteiger partial charge < -0.3 is 24.5 Å². The van der Waals surface area contributed by atoms with Crippen molar-refractivity contribution in [2.24, 2.45) is 17.8 Å². The number of fused-ring (bicyclic) bond motifs is 1. The van der Waals surface area contributed by atoms with E-state index in [0.29, 0.717) is 29.2 Å². The highest BCUT2D eigenvalue weighted by Gasteiger charge is 2.80. The van der Waals surface area contributed by atoms with Crippen LogP contribution in [-0.4, -0.2) is 76.6 Å². The van der Waals surface area contributed by atoms with Crippen LogP contribution < -0.4 is 4.90 Å². The van der Waals surface area contributed by atoms with Gasteiger partial charge >= 0.3 is 0 Å². The van der Waals surface area contributed by atoms with Gasteiger partial charge in [-0.2, -0.15) is 0 Å². The predicted octanol–water partition coefficient (Wildman–Crippen LogP) is 4.25. The SMILES string of the molecule is C=CCN(C)C(=O)[C@@H]1[C@H]2C(=O)N([C@H](CO)c3ccccc3)C(C(=O)N(CC=C)c3ccccc3Cl)C23CC(C)[C@@]1(C)O3. The van der Waals surface area contributed by atoms with Crippen LogP contribution in [0, 0.1) is 17.8 Å². The maximum Gasteiger partial charge on any atom is 0.253 e. The van der Waals surface area contributed by atoms with E-state index in [1.807, 2.05) is 44.2 Å². The number of halogens is 1. The third kappa shape index (κ3) is 4.39. The number of aliphatic hydroxyl groups is 1. The number of carbonyl (C=O) groups excluding carboxylic acids is 3. The quantitative estimate of drug-likeness (QED) is 0.417. The standard InChI is InChI=1S/C33H38ClN3O5/c1-6-17-35(5)29(39)26-27-30(40)37(25(20-38)22-13-9-8-10-14-22)28(33(27)19-21(3)32(26,4)42-33)31(41)36(18-7-2)24-16-12-11-15-23(24)34/h6-16,21,25-28,38H,1-2,17-20H2,3-5H3/t21?,25-,26+,27+,28?,32-,33?/m1/s1. The minimum absolute atomic E-state index is 0.125.